The van der Waals surface area contributed by atoms with Gasteiger partial charge in [-0.15, -0.1) is 0 Å². The van der Waals surface area contributed by atoms with Crippen LogP contribution in [0.5, 0.6) is 0 Å². The summed E-state index contributed by atoms with van der Waals surface area (Å²) in [5.74, 6) is 0. The largest absolute Gasteiger partial charge is 0.673 e. The number of anilines is 2. The molecule has 1 saturated carbocycles. The molecule has 228 valence electrons. The normalized spacial score (nSPS) is 17.8. The van der Waals surface area contributed by atoms with E-state index in [-0.39, 0.29) is 6.04 Å². The van der Waals surface area contributed by atoms with Crippen LogP contribution < -0.4 is 15.5 Å². The molecular weight excluding hydrogens is 573 g/mol. The maximum absolute atomic E-state index is 9.75. The monoisotopic (exact) mass is 607 g/mol. The van der Waals surface area contributed by atoms with E-state index in [0.29, 0.717) is 0 Å². The summed E-state index contributed by atoms with van der Waals surface area (Å²) >= 11 is 0. The fraction of sp³-hybridized carbons (Fsp3) is 0.0811. The lowest BCUT2D eigenvalue weighted by Crippen LogP contribution is -3.06. The zero-order valence-electron chi connectivity index (χ0n) is 24.6. The van der Waals surface area contributed by atoms with E-state index in [9.17, 15) is 17.3 Å². The predicted octanol–water partition coefficient (Wildman–Crippen LogP) is 9.41. The van der Waals surface area contributed by atoms with E-state index >= 15 is 0 Å². The second kappa shape index (κ2) is 15.1. The Labute approximate surface area is 261 Å². The van der Waals surface area contributed by atoms with E-state index in [2.05, 4.69) is 157 Å². The van der Waals surface area contributed by atoms with Gasteiger partial charge in [-0.3, -0.25) is 4.90 Å². The lowest BCUT2D eigenvalue weighted by molar-refractivity contribution is -0.775. The van der Waals surface area contributed by atoms with Crippen LogP contribution in [0.4, 0.5) is 40.0 Å². The van der Waals surface area contributed by atoms with Crippen molar-refractivity contribution in [2.24, 2.45) is 0 Å². The van der Waals surface area contributed by atoms with Gasteiger partial charge in [0.15, 0.2) is 0 Å². The van der Waals surface area contributed by atoms with Gasteiger partial charge >= 0.3 is 7.25 Å². The number of hydrogen-bond acceptors (Lipinski definition) is 2. The van der Waals surface area contributed by atoms with Crippen LogP contribution in [0.3, 0.4) is 0 Å². The van der Waals surface area contributed by atoms with Gasteiger partial charge in [0.1, 0.15) is 17.4 Å². The van der Waals surface area contributed by atoms with Crippen molar-refractivity contribution in [1.29, 1.82) is 0 Å². The minimum atomic E-state index is -6.00. The highest BCUT2D eigenvalue weighted by Crippen LogP contribution is 2.40. The summed E-state index contributed by atoms with van der Waals surface area (Å²) in [6, 6.07) is 42.5. The molecule has 0 bridgehead atoms. The highest BCUT2D eigenvalue weighted by molar-refractivity contribution is 6.50. The number of rotatable bonds is 7. The Morgan fingerprint density at radius 3 is 1.40 bits per heavy atom. The quantitative estimate of drug-likeness (QED) is 0.144. The van der Waals surface area contributed by atoms with Gasteiger partial charge in [0, 0.05) is 29.3 Å². The van der Waals surface area contributed by atoms with Crippen molar-refractivity contribution in [1.82, 2.24) is 0 Å². The third-order valence-corrected chi connectivity index (χ3v) is 7.47. The number of halogens is 4. The van der Waals surface area contributed by atoms with Crippen LogP contribution in [0, 0.1) is 0 Å². The molecule has 3 N–H and O–H groups in total. The van der Waals surface area contributed by atoms with Gasteiger partial charge in [-0.25, -0.2) is 0 Å². The first kappa shape index (κ1) is 31.4. The second-order valence-corrected chi connectivity index (χ2v) is 10.6. The Balaban J connectivity index is 0.000000743. The van der Waals surface area contributed by atoms with Gasteiger partial charge in [-0.1, -0.05) is 91.0 Å². The fourth-order valence-electron chi connectivity index (χ4n) is 5.59. The first-order chi connectivity index (χ1) is 21.9. The highest BCUT2D eigenvalue weighted by atomic mass is 19.5. The molecule has 0 saturated heterocycles. The van der Waals surface area contributed by atoms with Crippen molar-refractivity contribution in [3.05, 3.63) is 180 Å². The highest BCUT2D eigenvalue weighted by Gasteiger charge is 2.33. The van der Waals surface area contributed by atoms with E-state index in [1.165, 1.54) is 38.6 Å². The number of quaternary nitrogens is 1. The molecule has 8 heteroatoms. The molecular formula is C37H34BF4N3. The lowest BCUT2D eigenvalue weighted by Gasteiger charge is -2.29. The molecule has 45 heavy (non-hydrogen) atoms. The SMILES string of the molecule is C1=CC(=C2C(=CNc3ccccc3)CCC2=CNc2ccccc2)C([NH+](c2ccccc2)c2ccccc2)C=C1.F[B-](F)(F)F. The molecule has 0 aliphatic heterocycles. The third kappa shape index (κ3) is 8.97. The minimum absolute atomic E-state index is 0.114. The van der Waals surface area contributed by atoms with Gasteiger partial charge in [-0.05, 0) is 84.2 Å². The number of benzene rings is 4. The van der Waals surface area contributed by atoms with E-state index in [1.807, 2.05) is 12.1 Å². The Hall–Kier alpha value is -5.08. The van der Waals surface area contributed by atoms with Gasteiger partial charge in [0.05, 0.1) is 0 Å². The molecule has 4 aromatic rings. The average molecular weight is 608 g/mol. The van der Waals surface area contributed by atoms with Crippen molar-refractivity contribution in [3.8, 4) is 0 Å². The van der Waals surface area contributed by atoms with Crippen LogP contribution in [0.2, 0.25) is 0 Å². The molecule has 6 rings (SSSR count). The zero-order valence-corrected chi connectivity index (χ0v) is 24.6. The summed E-state index contributed by atoms with van der Waals surface area (Å²) in [7, 11) is -6.00. The van der Waals surface area contributed by atoms with E-state index in [1.54, 1.807) is 0 Å². The Morgan fingerprint density at radius 1 is 0.578 bits per heavy atom. The molecule has 1 unspecified atom stereocenters. The molecule has 1 atom stereocenters. The summed E-state index contributed by atoms with van der Waals surface area (Å²) in [4.78, 5) is 1.32. The molecule has 1 fully saturated rings. The molecule has 3 nitrogen and oxygen atoms in total. The molecule has 0 heterocycles. The van der Waals surface area contributed by atoms with E-state index in [0.717, 1.165) is 24.2 Å². The van der Waals surface area contributed by atoms with E-state index in [4.69, 9.17) is 0 Å². The minimum Gasteiger partial charge on any atom is -0.418 e. The molecule has 0 aromatic heterocycles. The topological polar surface area (TPSA) is 28.5 Å². The summed E-state index contributed by atoms with van der Waals surface area (Å²) < 4.78 is 39.0. The van der Waals surface area contributed by atoms with Crippen LogP contribution >= 0.6 is 0 Å². The van der Waals surface area contributed by atoms with Crippen LogP contribution in [0.1, 0.15) is 12.8 Å². The summed E-state index contributed by atoms with van der Waals surface area (Å²) in [6.45, 7) is 0. The lowest BCUT2D eigenvalue weighted by atomic mass is 9.90. The number of para-hydroxylation sites is 4. The van der Waals surface area contributed by atoms with Gasteiger partial charge < -0.3 is 27.9 Å². The summed E-state index contributed by atoms with van der Waals surface area (Å²) in [5, 5.41) is 7.13. The molecule has 0 radical (unpaired) electrons. The Bertz CT molecular complexity index is 1570. The van der Waals surface area contributed by atoms with Crippen molar-refractivity contribution < 1.29 is 22.2 Å². The molecule has 2 aliphatic carbocycles. The molecule has 0 amide bonds. The number of nitrogens with one attached hydrogen (secondary N) is 3. The standard InChI is InChI=1S/C37H33N3.BF4/c1-5-15-31(16-6-1)38-27-29-25-26-30(28-39-32-17-7-2-8-18-32)37(29)35-23-13-14-24-36(35)40(33-19-9-3-10-20-33)34-21-11-4-12-22-34;2-1(3,4)5/h1-24,27-28,36,38-39H,25-26H2;/q;-1/p+1. The van der Waals surface area contributed by atoms with E-state index < -0.39 is 7.25 Å². The van der Waals surface area contributed by atoms with Crippen LogP contribution in [0.15, 0.2) is 180 Å². The maximum Gasteiger partial charge on any atom is 0.673 e. The second-order valence-electron chi connectivity index (χ2n) is 10.6. The summed E-state index contributed by atoms with van der Waals surface area (Å²) in [6.07, 6.45) is 15.4. The van der Waals surface area contributed by atoms with Crippen molar-refractivity contribution in [2.75, 3.05) is 10.6 Å². The fourth-order valence-corrected chi connectivity index (χ4v) is 5.59. The molecule has 2 aliphatic rings. The average Bonchev–Trinajstić information content (AvgIpc) is 3.47. The van der Waals surface area contributed by atoms with Crippen LogP contribution in [0.25, 0.3) is 0 Å². The predicted molar refractivity (Wildman–Crippen MR) is 178 cm³/mol. The third-order valence-electron chi connectivity index (χ3n) is 7.47. The molecule has 0 spiro atoms. The van der Waals surface area contributed by atoms with Gasteiger partial charge in [0.2, 0.25) is 0 Å². The number of hydrogen-bond donors (Lipinski definition) is 3. The van der Waals surface area contributed by atoms with Crippen LogP contribution in [-0.4, -0.2) is 13.3 Å². The Morgan fingerprint density at radius 2 is 0.978 bits per heavy atom. The van der Waals surface area contributed by atoms with Crippen molar-refractivity contribution in [3.63, 3.8) is 0 Å². The van der Waals surface area contributed by atoms with Gasteiger partial charge in [0.25, 0.3) is 0 Å². The maximum atomic E-state index is 9.75. The molecule has 4 aromatic carbocycles. The van der Waals surface area contributed by atoms with Gasteiger partial charge in [-0.2, -0.15) is 0 Å². The zero-order chi connectivity index (χ0) is 31.5. The van der Waals surface area contributed by atoms with Crippen molar-refractivity contribution in [2.45, 2.75) is 18.9 Å². The first-order valence-electron chi connectivity index (χ1n) is 14.8. The summed E-state index contributed by atoms with van der Waals surface area (Å²) in [5.41, 5.74) is 9.97. The van der Waals surface area contributed by atoms with Crippen molar-refractivity contribution >= 4 is 30.0 Å². The first-order valence-corrected chi connectivity index (χ1v) is 14.8. The Kier molecular flexibility index (Phi) is 10.5. The smallest absolute Gasteiger partial charge is 0.418 e. The number of allylic oxidation sites excluding steroid dienone is 5. The van der Waals surface area contributed by atoms with Crippen LogP contribution in [-0.2, 0) is 0 Å².